The van der Waals surface area contributed by atoms with Gasteiger partial charge in [0.15, 0.2) is 0 Å². The first-order chi connectivity index (χ1) is 6.22. The number of rotatable bonds is 1. The highest BCUT2D eigenvalue weighted by molar-refractivity contribution is 6.42. The van der Waals surface area contributed by atoms with Crippen LogP contribution in [0.4, 0.5) is 0 Å². The largest absolute Gasteiger partial charge is 0.390 e. The molecule has 0 saturated carbocycles. The summed E-state index contributed by atoms with van der Waals surface area (Å²) < 4.78 is 0. The summed E-state index contributed by atoms with van der Waals surface area (Å²) in [6, 6.07) is 3.35. The second kappa shape index (κ2) is 3.18. The van der Waals surface area contributed by atoms with Crippen molar-refractivity contribution in [1.82, 2.24) is 10.2 Å². The van der Waals surface area contributed by atoms with Crippen molar-refractivity contribution in [3.8, 4) is 0 Å². The van der Waals surface area contributed by atoms with Gasteiger partial charge in [-0.1, -0.05) is 23.2 Å². The SMILES string of the molecule is OCc1[nH]nc2cc(Cl)c(Cl)cc12. The van der Waals surface area contributed by atoms with Gasteiger partial charge in [-0.25, -0.2) is 0 Å². The van der Waals surface area contributed by atoms with Crippen LogP contribution in [0.15, 0.2) is 12.1 Å². The molecule has 1 heterocycles. The van der Waals surface area contributed by atoms with E-state index in [1.807, 2.05) is 0 Å². The number of benzene rings is 1. The Labute approximate surface area is 84.3 Å². The maximum Gasteiger partial charge on any atom is 0.0940 e. The molecule has 0 aliphatic carbocycles. The molecular weight excluding hydrogens is 211 g/mol. The van der Waals surface area contributed by atoms with Gasteiger partial charge in [0.2, 0.25) is 0 Å². The van der Waals surface area contributed by atoms with Gasteiger partial charge in [-0.2, -0.15) is 5.10 Å². The molecule has 2 aromatic rings. The minimum absolute atomic E-state index is 0.0888. The normalized spacial score (nSPS) is 11.0. The lowest BCUT2D eigenvalue weighted by atomic mass is 10.2. The Morgan fingerprint density at radius 2 is 2.00 bits per heavy atom. The van der Waals surface area contributed by atoms with E-state index in [9.17, 15) is 0 Å². The second-order valence-corrected chi connectivity index (χ2v) is 3.46. The highest BCUT2D eigenvalue weighted by Crippen LogP contribution is 2.28. The van der Waals surface area contributed by atoms with Crippen molar-refractivity contribution < 1.29 is 5.11 Å². The van der Waals surface area contributed by atoms with Crippen LogP contribution < -0.4 is 0 Å². The predicted octanol–water partition coefficient (Wildman–Crippen LogP) is 2.36. The summed E-state index contributed by atoms with van der Waals surface area (Å²) in [6.07, 6.45) is 0. The quantitative estimate of drug-likeness (QED) is 0.770. The summed E-state index contributed by atoms with van der Waals surface area (Å²) in [5.41, 5.74) is 1.35. The van der Waals surface area contributed by atoms with E-state index in [1.165, 1.54) is 0 Å². The summed E-state index contributed by atoms with van der Waals surface area (Å²) in [5, 5.41) is 17.3. The fourth-order valence-electron chi connectivity index (χ4n) is 1.18. The summed E-state index contributed by atoms with van der Waals surface area (Å²) >= 11 is 11.6. The first-order valence-corrected chi connectivity index (χ1v) is 4.41. The van der Waals surface area contributed by atoms with Crippen LogP contribution in [0.1, 0.15) is 5.69 Å². The number of hydrogen-bond donors (Lipinski definition) is 2. The highest BCUT2D eigenvalue weighted by atomic mass is 35.5. The van der Waals surface area contributed by atoms with E-state index in [4.69, 9.17) is 28.3 Å². The Morgan fingerprint density at radius 3 is 2.69 bits per heavy atom. The third-order valence-corrected chi connectivity index (χ3v) is 2.56. The number of aromatic nitrogens is 2. The molecule has 0 bridgehead atoms. The molecule has 5 heteroatoms. The van der Waals surface area contributed by atoms with Crippen LogP contribution in [0, 0.1) is 0 Å². The van der Waals surface area contributed by atoms with Gasteiger partial charge in [-0.05, 0) is 12.1 Å². The van der Waals surface area contributed by atoms with Gasteiger partial charge < -0.3 is 5.11 Å². The average molecular weight is 217 g/mol. The minimum Gasteiger partial charge on any atom is -0.390 e. The Balaban J connectivity index is 2.77. The van der Waals surface area contributed by atoms with Crippen LogP contribution in [-0.2, 0) is 6.61 Å². The molecule has 0 atom stereocenters. The number of aliphatic hydroxyl groups is 1. The molecule has 0 spiro atoms. The van der Waals surface area contributed by atoms with Crippen molar-refractivity contribution in [3.05, 3.63) is 27.9 Å². The first-order valence-electron chi connectivity index (χ1n) is 3.65. The Kier molecular flexibility index (Phi) is 2.15. The molecule has 0 fully saturated rings. The van der Waals surface area contributed by atoms with Gasteiger partial charge >= 0.3 is 0 Å². The van der Waals surface area contributed by atoms with E-state index < -0.39 is 0 Å². The van der Waals surface area contributed by atoms with Gasteiger partial charge in [-0.15, -0.1) is 0 Å². The van der Waals surface area contributed by atoms with Gasteiger partial charge in [0.1, 0.15) is 0 Å². The summed E-state index contributed by atoms with van der Waals surface area (Å²) in [5.74, 6) is 0. The van der Waals surface area contributed by atoms with E-state index in [0.29, 0.717) is 21.3 Å². The second-order valence-electron chi connectivity index (χ2n) is 2.64. The van der Waals surface area contributed by atoms with E-state index >= 15 is 0 Å². The number of aliphatic hydroxyl groups excluding tert-OH is 1. The zero-order chi connectivity index (χ0) is 9.42. The molecule has 0 unspecified atom stereocenters. The van der Waals surface area contributed by atoms with Crippen molar-refractivity contribution in [1.29, 1.82) is 0 Å². The third-order valence-electron chi connectivity index (χ3n) is 1.83. The zero-order valence-electron chi connectivity index (χ0n) is 6.51. The fraction of sp³-hybridized carbons (Fsp3) is 0.125. The standard InChI is InChI=1S/C8H6Cl2N2O/c9-5-1-4-7(2-6(5)10)11-12-8(4)3-13/h1-2,13H,3H2,(H,11,12). The van der Waals surface area contributed by atoms with Gasteiger partial charge in [0, 0.05) is 5.39 Å². The molecule has 0 radical (unpaired) electrons. The van der Waals surface area contributed by atoms with Crippen LogP contribution in [0.25, 0.3) is 10.9 Å². The predicted molar refractivity (Wildman–Crippen MR) is 52.0 cm³/mol. The molecule has 1 aromatic carbocycles. The number of H-pyrrole nitrogens is 1. The summed E-state index contributed by atoms with van der Waals surface area (Å²) in [7, 11) is 0. The molecule has 3 nitrogen and oxygen atoms in total. The maximum absolute atomic E-state index is 8.94. The average Bonchev–Trinajstić information content (AvgIpc) is 2.48. The molecule has 0 amide bonds. The number of nitrogens with one attached hydrogen (secondary N) is 1. The molecule has 0 aliphatic rings. The van der Waals surface area contributed by atoms with E-state index in [1.54, 1.807) is 12.1 Å². The Hall–Kier alpha value is -0.770. The molecule has 13 heavy (non-hydrogen) atoms. The maximum atomic E-state index is 8.94. The molecule has 1 aromatic heterocycles. The number of fused-ring (bicyclic) bond motifs is 1. The molecule has 2 N–H and O–H groups in total. The van der Waals surface area contributed by atoms with Crippen molar-refractivity contribution in [2.24, 2.45) is 0 Å². The lowest BCUT2D eigenvalue weighted by molar-refractivity contribution is 0.278. The van der Waals surface area contributed by atoms with Crippen molar-refractivity contribution in [2.75, 3.05) is 0 Å². The molecule has 2 rings (SSSR count). The lowest BCUT2D eigenvalue weighted by Gasteiger charge is -1.95. The Morgan fingerprint density at radius 1 is 1.31 bits per heavy atom. The first kappa shape index (κ1) is 8.81. The van der Waals surface area contributed by atoms with Crippen LogP contribution in [-0.4, -0.2) is 15.3 Å². The topological polar surface area (TPSA) is 48.9 Å². The summed E-state index contributed by atoms with van der Waals surface area (Å²) in [4.78, 5) is 0. The van der Waals surface area contributed by atoms with E-state index in [-0.39, 0.29) is 6.61 Å². The fourth-order valence-corrected chi connectivity index (χ4v) is 1.50. The van der Waals surface area contributed by atoms with Crippen molar-refractivity contribution >= 4 is 34.1 Å². The van der Waals surface area contributed by atoms with Gasteiger partial charge in [0.05, 0.1) is 27.9 Å². The minimum atomic E-state index is -0.0888. The van der Waals surface area contributed by atoms with Crippen LogP contribution in [0.2, 0.25) is 10.0 Å². The van der Waals surface area contributed by atoms with Crippen LogP contribution >= 0.6 is 23.2 Å². The highest BCUT2D eigenvalue weighted by Gasteiger charge is 2.07. The van der Waals surface area contributed by atoms with Crippen molar-refractivity contribution in [3.63, 3.8) is 0 Å². The number of aromatic amines is 1. The monoisotopic (exact) mass is 216 g/mol. The molecule has 0 saturated heterocycles. The number of nitrogens with zero attached hydrogens (tertiary/aromatic N) is 1. The van der Waals surface area contributed by atoms with Crippen molar-refractivity contribution in [2.45, 2.75) is 6.61 Å². The van der Waals surface area contributed by atoms with E-state index in [0.717, 1.165) is 5.39 Å². The van der Waals surface area contributed by atoms with Gasteiger partial charge in [0.25, 0.3) is 0 Å². The van der Waals surface area contributed by atoms with Gasteiger partial charge in [-0.3, -0.25) is 5.10 Å². The summed E-state index contributed by atoms with van der Waals surface area (Å²) in [6.45, 7) is -0.0888. The number of halogens is 2. The molecule has 68 valence electrons. The lowest BCUT2D eigenvalue weighted by Crippen LogP contribution is -1.82. The smallest absolute Gasteiger partial charge is 0.0940 e. The van der Waals surface area contributed by atoms with Crippen LogP contribution in [0.5, 0.6) is 0 Å². The van der Waals surface area contributed by atoms with Crippen LogP contribution in [0.3, 0.4) is 0 Å². The Bertz CT molecular complexity index is 453. The molecule has 0 aliphatic heterocycles. The number of hydrogen-bond acceptors (Lipinski definition) is 2. The zero-order valence-corrected chi connectivity index (χ0v) is 8.02. The third kappa shape index (κ3) is 1.39. The van der Waals surface area contributed by atoms with E-state index in [2.05, 4.69) is 10.2 Å². The molecular formula is C8H6Cl2N2O.